The lowest BCUT2D eigenvalue weighted by Gasteiger charge is -2.69. The zero-order valence-electron chi connectivity index (χ0n) is 20.3. The number of fused-ring (bicyclic) bond motifs is 1. The van der Waals surface area contributed by atoms with Crippen molar-refractivity contribution < 1.29 is 49.0 Å². The van der Waals surface area contributed by atoms with Gasteiger partial charge in [-0.05, 0) is 32.8 Å². The summed E-state index contributed by atoms with van der Waals surface area (Å²) in [5.74, 6) is -8.13. The highest BCUT2D eigenvalue weighted by Crippen LogP contribution is 2.73. The van der Waals surface area contributed by atoms with Crippen molar-refractivity contribution in [1.29, 1.82) is 0 Å². The molecule has 12 unspecified atom stereocenters. The average Bonchev–Trinajstić information content (AvgIpc) is 3.09. The Morgan fingerprint density at radius 1 is 1.26 bits per heavy atom. The van der Waals surface area contributed by atoms with E-state index in [0.717, 1.165) is 0 Å². The van der Waals surface area contributed by atoms with E-state index in [1.165, 1.54) is 6.08 Å². The van der Waals surface area contributed by atoms with Crippen LogP contribution in [0.3, 0.4) is 0 Å². The molecule has 2 saturated heterocycles. The standard InChI is InChI=1S/C25H32O10/c1-6-9(2)20(30)34-16-13-10(3)7-12(26)18(29)23(13,5)22-24-8-33-25(22,32)17(28)11(4)14(24)15(27)21(31)35-19(16)24/h6-7,11,13-19,22,27-29,32H,8H2,1-5H3. The number of rotatable bonds is 2. The van der Waals surface area contributed by atoms with Crippen LogP contribution in [0.5, 0.6) is 0 Å². The maximum Gasteiger partial charge on any atom is 0.335 e. The molecule has 10 nitrogen and oxygen atoms in total. The molecule has 3 aliphatic carbocycles. The normalized spacial score (nSPS) is 52.8. The Bertz CT molecular complexity index is 1060. The Kier molecular flexibility index (Phi) is 5.23. The Morgan fingerprint density at radius 3 is 2.54 bits per heavy atom. The van der Waals surface area contributed by atoms with Crippen molar-refractivity contribution in [1.82, 2.24) is 0 Å². The first-order valence-corrected chi connectivity index (χ1v) is 11.9. The minimum absolute atomic E-state index is 0.238. The number of ketones is 1. The molecule has 35 heavy (non-hydrogen) atoms. The largest absolute Gasteiger partial charge is 0.456 e. The lowest BCUT2D eigenvalue weighted by molar-refractivity contribution is -0.352. The second-order valence-electron chi connectivity index (χ2n) is 11.1. The molecular formula is C25H32O10. The molecule has 1 spiro atoms. The van der Waals surface area contributed by atoms with Gasteiger partial charge in [-0.15, -0.1) is 0 Å². The van der Waals surface area contributed by atoms with Crippen molar-refractivity contribution >= 4 is 17.7 Å². The van der Waals surface area contributed by atoms with Crippen molar-refractivity contribution in [2.75, 3.05) is 6.61 Å². The zero-order chi connectivity index (χ0) is 25.8. The third-order valence-electron chi connectivity index (χ3n) is 9.60. The fourth-order valence-corrected chi connectivity index (χ4v) is 8.22. The van der Waals surface area contributed by atoms with Crippen LogP contribution in [0.4, 0.5) is 0 Å². The van der Waals surface area contributed by atoms with Crippen LogP contribution in [0.2, 0.25) is 0 Å². The van der Waals surface area contributed by atoms with E-state index < -0.39 is 88.5 Å². The summed E-state index contributed by atoms with van der Waals surface area (Å²) in [6, 6.07) is 0. The maximum absolute atomic E-state index is 13.0. The lowest BCUT2D eigenvalue weighted by atomic mass is 9.37. The van der Waals surface area contributed by atoms with E-state index >= 15 is 0 Å². The first-order valence-electron chi connectivity index (χ1n) is 11.9. The molecular weight excluding hydrogens is 460 g/mol. The predicted octanol–water partition coefficient (Wildman–Crippen LogP) is -0.375. The topological polar surface area (TPSA) is 160 Å². The molecule has 2 bridgehead atoms. The molecule has 2 saturated carbocycles. The Balaban J connectivity index is 1.81. The van der Waals surface area contributed by atoms with Gasteiger partial charge in [0, 0.05) is 34.2 Å². The van der Waals surface area contributed by atoms with Crippen LogP contribution in [0.1, 0.15) is 34.6 Å². The van der Waals surface area contributed by atoms with E-state index in [2.05, 4.69) is 0 Å². The summed E-state index contributed by atoms with van der Waals surface area (Å²) in [4.78, 5) is 38.8. The molecule has 5 aliphatic rings. The smallest absolute Gasteiger partial charge is 0.335 e. The van der Waals surface area contributed by atoms with Gasteiger partial charge in [0.2, 0.25) is 0 Å². The van der Waals surface area contributed by atoms with Gasteiger partial charge in [-0.1, -0.05) is 25.5 Å². The van der Waals surface area contributed by atoms with Gasteiger partial charge in [0.05, 0.1) is 6.61 Å². The highest BCUT2D eigenvalue weighted by molar-refractivity contribution is 5.96. The number of ether oxygens (including phenoxy) is 3. The first-order chi connectivity index (χ1) is 16.3. The van der Waals surface area contributed by atoms with Gasteiger partial charge in [-0.2, -0.15) is 0 Å². The van der Waals surface area contributed by atoms with Gasteiger partial charge < -0.3 is 34.6 Å². The number of esters is 2. The molecule has 0 aromatic heterocycles. The summed E-state index contributed by atoms with van der Waals surface area (Å²) in [5.41, 5.74) is -2.05. The molecule has 192 valence electrons. The van der Waals surface area contributed by atoms with Crippen molar-refractivity contribution in [2.24, 2.45) is 34.5 Å². The summed E-state index contributed by atoms with van der Waals surface area (Å²) in [7, 11) is 0. The van der Waals surface area contributed by atoms with Crippen LogP contribution >= 0.6 is 0 Å². The number of aliphatic hydroxyl groups excluding tert-OH is 3. The molecule has 4 fully saturated rings. The summed E-state index contributed by atoms with van der Waals surface area (Å²) >= 11 is 0. The number of carbonyl (C=O) groups excluding carboxylic acids is 3. The average molecular weight is 493 g/mol. The quantitative estimate of drug-likeness (QED) is 0.296. The molecule has 0 radical (unpaired) electrons. The molecule has 2 aliphatic heterocycles. The number of hydrogen-bond donors (Lipinski definition) is 4. The van der Waals surface area contributed by atoms with E-state index in [1.54, 1.807) is 40.7 Å². The van der Waals surface area contributed by atoms with Crippen LogP contribution in [0.15, 0.2) is 23.3 Å². The second kappa shape index (κ2) is 7.45. The van der Waals surface area contributed by atoms with E-state index in [0.29, 0.717) is 11.1 Å². The van der Waals surface area contributed by atoms with Gasteiger partial charge >= 0.3 is 11.9 Å². The molecule has 0 aromatic carbocycles. The summed E-state index contributed by atoms with van der Waals surface area (Å²) in [6.45, 7) is 7.86. The van der Waals surface area contributed by atoms with Crippen LogP contribution < -0.4 is 0 Å². The molecule has 0 amide bonds. The summed E-state index contributed by atoms with van der Waals surface area (Å²) in [5, 5.41) is 45.3. The second-order valence-corrected chi connectivity index (χ2v) is 11.1. The molecule has 5 rings (SSSR count). The number of hydrogen-bond acceptors (Lipinski definition) is 10. The maximum atomic E-state index is 13.0. The van der Waals surface area contributed by atoms with Gasteiger partial charge in [0.15, 0.2) is 17.7 Å². The zero-order valence-corrected chi connectivity index (χ0v) is 20.3. The Morgan fingerprint density at radius 2 is 1.91 bits per heavy atom. The van der Waals surface area contributed by atoms with Crippen LogP contribution in [0, 0.1) is 34.5 Å². The molecule has 10 heteroatoms. The van der Waals surface area contributed by atoms with Gasteiger partial charge in [-0.25, -0.2) is 9.59 Å². The molecule has 0 aromatic rings. The van der Waals surface area contributed by atoms with Crippen molar-refractivity contribution in [3.63, 3.8) is 0 Å². The number of carbonyl (C=O) groups is 3. The fourth-order valence-electron chi connectivity index (χ4n) is 8.22. The SMILES string of the molecule is CC=C(C)C(=O)OC1C2C(C)=CC(=O)C(O)C2(C)C2C3(O)OCC24C1OC(=O)C(O)C4C(C)C3O. The van der Waals surface area contributed by atoms with Crippen molar-refractivity contribution in [2.45, 2.75) is 70.9 Å². The molecule has 2 heterocycles. The first kappa shape index (κ1) is 24.6. The highest BCUT2D eigenvalue weighted by atomic mass is 16.7. The molecule has 12 atom stereocenters. The van der Waals surface area contributed by atoms with E-state index in [1.807, 2.05) is 0 Å². The Labute approximate surface area is 202 Å². The summed E-state index contributed by atoms with van der Waals surface area (Å²) in [6.07, 6.45) is -4.27. The van der Waals surface area contributed by atoms with Gasteiger partial charge in [0.25, 0.3) is 0 Å². The van der Waals surface area contributed by atoms with Crippen molar-refractivity contribution in [3.05, 3.63) is 23.3 Å². The molecule has 4 N–H and O–H groups in total. The van der Waals surface area contributed by atoms with Crippen LogP contribution in [-0.4, -0.2) is 81.1 Å². The third kappa shape index (κ3) is 2.69. The van der Waals surface area contributed by atoms with E-state index in [-0.39, 0.29) is 6.61 Å². The third-order valence-corrected chi connectivity index (χ3v) is 9.60. The van der Waals surface area contributed by atoms with Crippen LogP contribution in [-0.2, 0) is 28.6 Å². The Hall–Kier alpha value is -2.11. The van der Waals surface area contributed by atoms with E-state index in [9.17, 15) is 34.8 Å². The predicted molar refractivity (Wildman–Crippen MR) is 117 cm³/mol. The number of allylic oxidation sites excluding steroid dienone is 1. The number of aliphatic hydroxyl groups is 4. The van der Waals surface area contributed by atoms with E-state index in [4.69, 9.17) is 14.2 Å². The minimum atomic E-state index is -2.20. The fraction of sp³-hybridized carbons (Fsp3) is 0.720. The monoisotopic (exact) mass is 492 g/mol. The highest BCUT2D eigenvalue weighted by Gasteiger charge is 2.85. The summed E-state index contributed by atoms with van der Waals surface area (Å²) < 4.78 is 17.6. The minimum Gasteiger partial charge on any atom is -0.456 e. The van der Waals surface area contributed by atoms with Gasteiger partial charge in [-0.3, -0.25) is 4.79 Å². The lowest BCUT2D eigenvalue weighted by Crippen LogP contribution is -2.81. The van der Waals surface area contributed by atoms with Gasteiger partial charge in [0.1, 0.15) is 24.4 Å². The van der Waals surface area contributed by atoms with Crippen molar-refractivity contribution in [3.8, 4) is 0 Å². The van der Waals surface area contributed by atoms with Crippen LogP contribution in [0.25, 0.3) is 0 Å².